The van der Waals surface area contributed by atoms with E-state index in [2.05, 4.69) is 31.0 Å². The highest BCUT2D eigenvalue weighted by molar-refractivity contribution is 4.94. The number of hydrogen-bond donors (Lipinski definition) is 2. The van der Waals surface area contributed by atoms with Crippen molar-refractivity contribution < 1.29 is 9.84 Å². The van der Waals surface area contributed by atoms with E-state index < -0.39 is 0 Å². The van der Waals surface area contributed by atoms with E-state index in [0.717, 1.165) is 32.8 Å². The van der Waals surface area contributed by atoms with Crippen molar-refractivity contribution in [2.24, 2.45) is 11.3 Å². The van der Waals surface area contributed by atoms with E-state index in [1.165, 1.54) is 25.7 Å². The van der Waals surface area contributed by atoms with Crippen LogP contribution in [0.1, 0.15) is 46.5 Å². The van der Waals surface area contributed by atoms with Gasteiger partial charge in [0, 0.05) is 32.8 Å². The first-order chi connectivity index (χ1) is 10.0. The molecule has 2 atom stereocenters. The maximum absolute atomic E-state index is 9.28. The van der Waals surface area contributed by atoms with Crippen LogP contribution in [0, 0.1) is 11.3 Å². The van der Waals surface area contributed by atoms with Crippen molar-refractivity contribution >= 4 is 0 Å². The monoisotopic (exact) mass is 300 g/mol. The maximum atomic E-state index is 9.28. The van der Waals surface area contributed by atoms with Gasteiger partial charge in [-0.1, -0.05) is 27.2 Å². The molecule has 0 bridgehead atoms. The minimum absolute atomic E-state index is 0.229. The number of aliphatic hydroxyl groups is 1. The van der Waals surface area contributed by atoms with Gasteiger partial charge in [-0.2, -0.15) is 0 Å². The fraction of sp³-hybridized carbons (Fsp3) is 1.00. The Balaban J connectivity index is 2.65. The molecule has 1 aliphatic carbocycles. The van der Waals surface area contributed by atoms with Crippen LogP contribution in [0.15, 0.2) is 0 Å². The van der Waals surface area contributed by atoms with Gasteiger partial charge in [0.2, 0.25) is 0 Å². The zero-order chi connectivity index (χ0) is 15.7. The molecule has 1 aliphatic rings. The van der Waals surface area contributed by atoms with Crippen LogP contribution in [0.4, 0.5) is 0 Å². The van der Waals surface area contributed by atoms with Gasteiger partial charge < -0.3 is 15.2 Å². The number of hydrogen-bond acceptors (Lipinski definition) is 4. The lowest BCUT2D eigenvalue weighted by Gasteiger charge is -2.46. The van der Waals surface area contributed by atoms with Crippen molar-refractivity contribution in [1.82, 2.24) is 10.2 Å². The summed E-state index contributed by atoms with van der Waals surface area (Å²) in [5.74, 6) is 0.670. The molecule has 4 nitrogen and oxygen atoms in total. The summed E-state index contributed by atoms with van der Waals surface area (Å²) in [6.07, 6.45) is 5.10. The van der Waals surface area contributed by atoms with Gasteiger partial charge in [0.25, 0.3) is 0 Å². The van der Waals surface area contributed by atoms with E-state index in [0.29, 0.717) is 17.4 Å². The quantitative estimate of drug-likeness (QED) is 0.649. The molecule has 0 saturated heterocycles. The van der Waals surface area contributed by atoms with Gasteiger partial charge in [-0.15, -0.1) is 0 Å². The van der Waals surface area contributed by atoms with Crippen LogP contribution in [0.25, 0.3) is 0 Å². The van der Waals surface area contributed by atoms with Crippen LogP contribution in [0.2, 0.25) is 0 Å². The highest BCUT2D eigenvalue weighted by atomic mass is 16.5. The molecular formula is C17H36N2O2. The molecule has 126 valence electrons. The summed E-state index contributed by atoms with van der Waals surface area (Å²) < 4.78 is 5.20. The van der Waals surface area contributed by atoms with Gasteiger partial charge in [-0.25, -0.2) is 0 Å². The van der Waals surface area contributed by atoms with Crippen molar-refractivity contribution in [1.29, 1.82) is 0 Å². The number of rotatable bonds is 10. The van der Waals surface area contributed by atoms with E-state index in [1.54, 1.807) is 7.11 Å². The Bertz CT molecular complexity index is 272. The predicted octanol–water partition coefficient (Wildman–Crippen LogP) is 2.12. The van der Waals surface area contributed by atoms with Crippen LogP contribution in [-0.4, -0.2) is 62.6 Å². The molecule has 0 aliphatic heterocycles. The Kier molecular flexibility index (Phi) is 8.79. The molecule has 0 amide bonds. The second-order valence-electron chi connectivity index (χ2n) is 7.09. The fourth-order valence-electron chi connectivity index (χ4n) is 3.71. The summed E-state index contributed by atoms with van der Waals surface area (Å²) in [5, 5.41) is 13.1. The number of ether oxygens (including phenoxy) is 1. The highest BCUT2D eigenvalue weighted by Gasteiger charge is 2.38. The third kappa shape index (κ3) is 6.23. The van der Waals surface area contributed by atoms with Gasteiger partial charge in [0.1, 0.15) is 0 Å². The zero-order valence-corrected chi connectivity index (χ0v) is 14.5. The lowest BCUT2D eigenvalue weighted by atomic mass is 9.67. The maximum Gasteiger partial charge on any atom is 0.0589 e. The largest absolute Gasteiger partial charge is 0.395 e. The molecule has 0 radical (unpaired) electrons. The van der Waals surface area contributed by atoms with Crippen LogP contribution >= 0.6 is 0 Å². The molecule has 0 aromatic carbocycles. The SMILES string of the molecule is CCCNC1C(CN(CCO)CCOC)CCCC1(C)C. The molecule has 1 rings (SSSR count). The topological polar surface area (TPSA) is 44.7 Å². The Labute approximate surface area is 131 Å². The van der Waals surface area contributed by atoms with E-state index in [9.17, 15) is 5.11 Å². The Morgan fingerprint density at radius 3 is 2.71 bits per heavy atom. The third-order valence-corrected chi connectivity index (χ3v) is 4.84. The number of aliphatic hydroxyl groups excluding tert-OH is 1. The Morgan fingerprint density at radius 2 is 2.10 bits per heavy atom. The lowest BCUT2D eigenvalue weighted by molar-refractivity contribution is 0.0614. The Hall–Kier alpha value is -0.160. The second-order valence-corrected chi connectivity index (χ2v) is 7.09. The second kappa shape index (κ2) is 9.78. The zero-order valence-electron chi connectivity index (χ0n) is 14.5. The van der Waals surface area contributed by atoms with Crippen molar-refractivity contribution in [3.63, 3.8) is 0 Å². The molecule has 2 N–H and O–H groups in total. The van der Waals surface area contributed by atoms with Gasteiger partial charge in [0.05, 0.1) is 13.2 Å². The van der Waals surface area contributed by atoms with Crippen molar-refractivity contribution in [3.8, 4) is 0 Å². The molecule has 21 heavy (non-hydrogen) atoms. The Morgan fingerprint density at radius 1 is 1.33 bits per heavy atom. The first-order valence-corrected chi connectivity index (χ1v) is 8.60. The molecule has 0 aromatic rings. The van der Waals surface area contributed by atoms with Gasteiger partial charge in [-0.05, 0) is 37.1 Å². The molecule has 0 heterocycles. The summed E-state index contributed by atoms with van der Waals surface area (Å²) in [5.41, 5.74) is 0.365. The van der Waals surface area contributed by atoms with Gasteiger partial charge >= 0.3 is 0 Å². The summed E-state index contributed by atoms with van der Waals surface area (Å²) in [4.78, 5) is 2.36. The molecule has 4 heteroatoms. The van der Waals surface area contributed by atoms with Crippen LogP contribution < -0.4 is 5.32 Å². The fourth-order valence-corrected chi connectivity index (χ4v) is 3.71. The number of nitrogens with zero attached hydrogens (tertiary/aromatic N) is 1. The first kappa shape index (κ1) is 18.9. The predicted molar refractivity (Wildman–Crippen MR) is 88.6 cm³/mol. The average molecular weight is 300 g/mol. The van der Waals surface area contributed by atoms with Crippen LogP contribution in [-0.2, 0) is 4.74 Å². The summed E-state index contributed by atoms with van der Waals surface area (Å²) >= 11 is 0. The van der Waals surface area contributed by atoms with Crippen LogP contribution in [0.3, 0.4) is 0 Å². The van der Waals surface area contributed by atoms with Gasteiger partial charge in [0.15, 0.2) is 0 Å². The third-order valence-electron chi connectivity index (χ3n) is 4.84. The molecule has 1 saturated carbocycles. The number of methoxy groups -OCH3 is 1. The normalized spacial score (nSPS) is 25.4. The van der Waals surface area contributed by atoms with E-state index in [1.807, 2.05) is 0 Å². The van der Waals surface area contributed by atoms with E-state index >= 15 is 0 Å². The van der Waals surface area contributed by atoms with Crippen LogP contribution in [0.5, 0.6) is 0 Å². The summed E-state index contributed by atoms with van der Waals surface area (Å²) in [7, 11) is 1.74. The smallest absolute Gasteiger partial charge is 0.0589 e. The highest BCUT2D eigenvalue weighted by Crippen LogP contribution is 2.39. The molecule has 2 unspecified atom stereocenters. The average Bonchev–Trinajstić information content (AvgIpc) is 2.43. The molecule has 0 spiro atoms. The summed E-state index contributed by atoms with van der Waals surface area (Å²) in [6, 6.07) is 0.579. The molecular weight excluding hydrogens is 264 g/mol. The lowest BCUT2D eigenvalue weighted by Crippen LogP contribution is -2.53. The molecule has 1 fully saturated rings. The van der Waals surface area contributed by atoms with E-state index in [4.69, 9.17) is 4.74 Å². The number of nitrogens with one attached hydrogen (secondary N) is 1. The van der Waals surface area contributed by atoms with Gasteiger partial charge in [-0.3, -0.25) is 4.90 Å². The molecule has 0 aromatic heterocycles. The minimum atomic E-state index is 0.229. The standard InChI is InChI=1S/C17H36N2O2/c1-5-9-18-16-15(7-6-8-17(16,2)3)14-19(10-12-20)11-13-21-4/h15-16,18,20H,5-14H2,1-4H3. The van der Waals surface area contributed by atoms with Crippen molar-refractivity contribution in [2.45, 2.75) is 52.5 Å². The summed E-state index contributed by atoms with van der Waals surface area (Å²) in [6.45, 7) is 11.8. The minimum Gasteiger partial charge on any atom is -0.395 e. The van der Waals surface area contributed by atoms with E-state index in [-0.39, 0.29) is 6.61 Å². The van der Waals surface area contributed by atoms with Crippen molar-refractivity contribution in [3.05, 3.63) is 0 Å². The first-order valence-electron chi connectivity index (χ1n) is 8.60. The van der Waals surface area contributed by atoms with Crippen molar-refractivity contribution in [2.75, 3.05) is 46.5 Å².